The minimum absolute atomic E-state index is 0.0782. The minimum Gasteiger partial charge on any atom is -0.444 e. The van der Waals surface area contributed by atoms with E-state index < -0.39 is 5.60 Å². The second-order valence-corrected chi connectivity index (χ2v) is 12.1. The van der Waals surface area contributed by atoms with Crippen molar-refractivity contribution in [2.24, 2.45) is 5.92 Å². The van der Waals surface area contributed by atoms with Crippen LogP contribution in [0.3, 0.4) is 0 Å². The molecule has 192 valence electrons. The van der Waals surface area contributed by atoms with E-state index in [-0.39, 0.29) is 29.9 Å². The summed E-state index contributed by atoms with van der Waals surface area (Å²) in [5.41, 5.74) is 2.82. The molecule has 2 heterocycles. The predicted molar refractivity (Wildman–Crippen MR) is 146 cm³/mol. The first-order valence-electron chi connectivity index (χ1n) is 12.9. The van der Waals surface area contributed by atoms with Gasteiger partial charge in [-0.15, -0.1) is 11.3 Å². The minimum atomic E-state index is -0.520. The maximum Gasteiger partial charge on any atom is 0.407 e. The first-order valence-corrected chi connectivity index (χ1v) is 13.7. The topological polar surface area (TPSA) is 104 Å². The number of hydrogen-bond acceptors (Lipinski definition) is 7. The SMILES string of the molecule is CC(C)(C)OC(=O)N[C@H]1CC[C@H](Nc2c(C(=O)C3CC3)cnc3ccc(-c4ccc(C#N)s4)cc23)CC1. The number of hydrogen-bond donors (Lipinski definition) is 2. The smallest absolute Gasteiger partial charge is 0.407 e. The standard InChI is InChI=1S/C29H32N4O3S/c1-29(2,3)36-28(35)33-20-9-7-19(8-10-20)32-26-22-14-18(25-13-11-21(15-30)37-25)6-12-24(22)31-16-23(26)27(34)17-4-5-17/h6,11-14,16-17,19-20H,4-5,7-10H2,1-3H3,(H,31,32)(H,33,35)/t19-,20-. The Morgan fingerprint density at radius 3 is 2.43 bits per heavy atom. The number of pyridine rings is 1. The van der Waals surface area contributed by atoms with Gasteiger partial charge in [0.05, 0.1) is 16.8 Å². The van der Waals surface area contributed by atoms with Crippen molar-refractivity contribution in [2.45, 2.75) is 77.0 Å². The summed E-state index contributed by atoms with van der Waals surface area (Å²) in [6.07, 6.45) is 6.64. The van der Waals surface area contributed by atoms with Gasteiger partial charge >= 0.3 is 6.09 Å². The Hall–Kier alpha value is -3.44. The number of nitriles is 1. The van der Waals surface area contributed by atoms with Crippen molar-refractivity contribution in [1.82, 2.24) is 10.3 Å². The van der Waals surface area contributed by atoms with Crippen LogP contribution in [0.25, 0.3) is 21.3 Å². The van der Waals surface area contributed by atoms with Crippen LogP contribution in [0, 0.1) is 17.2 Å². The van der Waals surface area contributed by atoms with E-state index in [9.17, 15) is 14.9 Å². The summed E-state index contributed by atoms with van der Waals surface area (Å²) in [4.78, 5) is 31.7. The summed E-state index contributed by atoms with van der Waals surface area (Å²) in [6, 6.07) is 12.3. The molecule has 2 saturated carbocycles. The van der Waals surface area contributed by atoms with E-state index in [4.69, 9.17) is 4.74 Å². The second kappa shape index (κ2) is 10.1. The van der Waals surface area contributed by atoms with Crippen LogP contribution in [0.2, 0.25) is 0 Å². The average molecular weight is 517 g/mol. The molecular formula is C29H32N4O3S. The number of benzene rings is 1. The van der Waals surface area contributed by atoms with E-state index in [1.807, 2.05) is 45.0 Å². The van der Waals surface area contributed by atoms with E-state index in [1.165, 1.54) is 11.3 Å². The molecule has 8 heteroatoms. The molecule has 37 heavy (non-hydrogen) atoms. The highest BCUT2D eigenvalue weighted by atomic mass is 32.1. The number of alkyl carbamates (subject to hydrolysis) is 1. The summed E-state index contributed by atoms with van der Waals surface area (Å²) in [5, 5.41) is 16.9. The van der Waals surface area contributed by atoms with E-state index in [1.54, 1.807) is 6.20 Å². The maximum absolute atomic E-state index is 13.2. The molecule has 2 aliphatic carbocycles. The van der Waals surface area contributed by atoms with Crippen molar-refractivity contribution in [3.05, 3.63) is 47.0 Å². The van der Waals surface area contributed by atoms with E-state index in [0.29, 0.717) is 10.4 Å². The lowest BCUT2D eigenvalue weighted by atomic mass is 9.90. The summed E-state index contributed by atoms with van der Waals surface area (Å²) in [5.74, 6) is 0.248. The number of aromatic nitrogens is 1. The van der Waals surface area contributed by atoms with Gasteiger partial charge in [-0.1, -0.05) is 6.07 Å². The molecule has 0 unspecified atom stereocenters. The third-order valence-corrected chi connectivity index (χ3v) is 7.92. The quantitative estimate of drug-likeness (QED) is 0.354. The van der Waals surface area contributed by atoms with Crippen LogP contribution in [-0.4, -0.2) is 34.5 Å². The van der Waals surface area contributed by atoms with Crippen LogP contribution in [0.15, 0.2) is 36.5 Å². The third kappa shape index (κ3) is 5.94. The van der Waals surface area contributed by atoms with Crippen LogP contribution in [0.4, 0.5) is 10.5 Å². The number of thiophene rings is 1. The molecule has 1 aromatic carbocycles. The van der Waals surface area contributed by atoms with Gasteiger partial charge in [0.15, 0.2) is 5.78 Å². The molecule has 0 aliphatic heterocycles. The number of nitrogens with one attached hydrogen (secondary N) is 2. The zero-order chi connectivity index (χ0) is 26.2. The fourth-order valence-corrected chi connectivity index (χ4v) is 5.67. The Kier molecular flexibility index (Phi) is 6.91. The van der Waals surface area contributed by atoms with E-state index in [2.05, 4.69) is 27.8 Å². The first-order chi connectivity index (χ1) is 17.7. The van der Waals surface area contributed by atoms with Crippen LogP contribution in [0.5, 0.6) is 0 Å². The Bertz CT molecular complexity index is 1370. The van der Waals surface area contributed by atoms with Gasteiger partial charge in [0.2, 0.25) is 0 Å². The molecule has 2 fully saturated rings. The van der Waals surface area contributed by atoms with Gasteiger partial charge in [-0.25, -0.2) is 4.79 Å². The number of rotatable bonds is 6. The first kappa shape index (κ1) is 25.2. The molecular weight excluding hydrogens is 484 g/mol. The maximum atomic E-state index is 13.2. The largest absolute Gasteiger partial charge is 0.444 e. The molecule has 0 atom stereocenters. The van der Waals surface area contributed by atoms with Crippen molar-refractivity contribution in [1.29, 1.82) is 5.26 Å². The molecule has 5 rings (SSSR count). The molecule has 2 N–H and O–H groups in total. The van der Waals surface area contributed by atoms with Gasteiger partial charge in [-0.2, -0.15) is 5.26 Å². The lowest BCUT2D eigenvalue weighted by molar-refractivity contribution is 0.0492. The highest BCUT2D eigenvalue weighted by molar-refractivity contribution is 7.16. The molecule has 7 nitrogen and oxygen atoms in total. The van der Waals surface area contributed by atoms with E-state index in [0.717, 1.165) is 65.6 Å². The lowest BCUT2D eigenvalue weighted by Crippen LogP contribution is -2.42. The number of Topliss-reactive ketones (excluding diaryl/α,β-unsaturated/α-hetero) is 1. The summed E-state index contributed by atoms with van der Waals surface area (Å²) in [6.45, 7) is 5.58. The Morgan fingerprint density at radius 1 is 1.05 bits per heavy atom. The fraction of sp³-hybridized carbons (Fsp3) is 0.448. The molecule has 0 bridgehead atoms. The van der Waals surface area contributed by atoms with Crippen molar-refractivity contribution < 1.29 is 14.3 Å². The molecule has 3 aromatic rings. The van der Waals surface area contributed by atoms with Gasteiger partial charge < -0.3 is 15.4 Å². The van der Waals surface area contributed by atoms with E-state index >= 15 is 0 Å². The number of fused-ring (bicyclic) bond motifs is 1. The highest BCUT2D eigenvalue weighted by Gasteiger charge is 2.33. The van der Waals surface area contributed by atoms with Crippen LogP contribution < -0.4 is 10.6 Å². The Morgan fingerprint density at radius 2 is 1.78 bits per heavy atom. The molecule has 1 amide bonds. The Balaban J connectivity index is 1.39. The number of nitrogens with zero attached hydrogens (tertiary/aromatic N) is 2. The van der Waals surface area contributed by atoms with Gasteiger partial charge in [0.1, 0.15) is 16.5 Å². The van der Waals surface area contributed by atoms with Gasteiger partial charge in [-0.3, -0.25) is 9.78 Å². The molecule has 0 radical (unpaired) electrons. The summed E-state index contributed by atoms with van der Waals surface area (Å²) < 4.78 is 5.41. The number of ketones is 1. The summed E-state index contributed by atoms with van der Waals surface area (Å²) >= 11 is 1.46. The van der Waals surface area contributed by atoms with Crippen molar-refractivity contribution in [3.63, 3.8) is 0 Å². The monoisotopic (exact) mass is 516 g/mol. The number of amides is 1. The second-order valence-electron chi connectivity index (χ2n) is 11.0. The van der Waals surface area contributed by atoms with Crippen LogP contribution >= 0.6 is 11.3 Å². The lowest BCUT2D eigenvalue weighted by Gasteiger charge is -2.31. The molecule has 0 spiro atoms. The number of anilines is 1. The fourth-order valence-electron chi connectivity index (χ4n) is 4.87. The average Bonchev–Trinajstić information content (AvgIpc) is 3.60. The molecule has 0 saturated heterocycles. The zero-order valence-corrected chi connectivity index (χ0v) is 22.3. The predicted octanol–water partition coefficient (Wildman–Crippen LogP) is 6.68. The van der Waals surface area contributed by atoms with Crippen LogP contribution in [-0.2, 0) is 4.74 Å². The van der Waals surface area contributed by atoms with Gasteiger partial charge in [-0.05, 0) is 89.1 Å². The number of carbonyl (C=O) groups excluding carboxylic acids is 2. The van der Waals surface area contributed by atoms with Gasteiger partial charge in [0, 0.05) is 34.5 Å². The third-order valence-electron chi connectivity index (χ3n) is 6.88. The van der Waals surface area contributed by atoms with Crippen molar-refractivity contribution >= 4 is 39.8 Å². The number of carbonyl (C=O) groups is 2. The van der Waals surface area contributed by atoms with Crippen LogP contribution in [0.1, 0.15) is 74.5 Å². The highest BCUT2D eigenvalue weighted by Crippen LogP contribution is 2.39. The summed E-state index contributed by atoms with van der Waals surface area (Å²) in [7, 11) is 0. The molecule has 2 aromatic heterocycles. The molecule has 2 aliphatic rings. The number of ether oxygens (including phenoxy) is 1. The normalized spacial score (nSPS) is 19.7. The Labute approximate surface area is 221 Å². The van der Waals surface area contributed by atoms with Crippen molar-refractivity contribution in [2.75, 3.05) is 5.32 Å². The zero-order valence-electron chi connectivity index (χ0n) is 21.5. The van der Waals surface area contributed by atoms with Gasteiger partial charge in [0.25, 0.3) is 0 Å². The van der Waals surface area contributed by atoms with Crippen molar-refractivity contribution in [3.8, 4) is 16.5 Å².